The summed E-state index contributed by atoms with van der Waals surface area (Å²) in [6.45, 7) is 7.38. The van der Waals surface area contributed by atoms with Gasteiger partial charge in [-0.25, -0.2) is 14.1 Å². The summed E-state index contributed by atoms with van der Waals surface area (Å²) < 4.78 is 7.22. The number of carbonyl (C=O) groups excluding carboxylic acids is 3. The zero-order valence-electron chi connectivity index (χ0n) is 18.3. The third-order valence-corrected chi connectivity index (χ3v) is 5.70. The fraction of sp³-hybridized carbons (Fsp3) is 0.545. The highest BCUT2D eigenvalue weighted by atomic mass is 16.6. The number of nitrogens with one attached hydrogen (secondary N) is 1. The van der Waals surface area contributed by atoms with E-state index in [1.54, 1.807) is 20.5 Å². The van der Waals surface area contributed by atoms with Crippen molar-refractivity contribution < 1.29 is 19.1 Å². The van der Waals surface area contributed by atoms with Crippen molar-refractivity contribution in [1.82, 2.24) is 19.8 Å². The molecule has 1 N–H and O–H groups in total. The van der Waals surface area contributed by atoms with Crippen molar-refractivity contribution >= 4 is 29.2 Å². The first-order chi connectivity index (χ1) is 14.7. The molecule has 0 unspecified atom stereocenters. The number of piperidine rings is 1. The maximum Gasteiger partial charge on any atom is 0.410 e. The number of fused-ring (bicyclic) bond motifs is 1. The van der Waals surface area contributed by atoms with E-state index in [2.05, 4.69) is 16.5 Å². The lowest BCUT2D eigenvalue weighted by Gasteiger charge is -2.33. The number of ether oxygens (including phenoxy) is 1. The number of likely N-dealkylation sites (tertiary alicyclic amines) is 1. The number of hydrogen-bond donors (Lipinski definition) is 1. The van der Waals surface area contributed by atoms with E-state index in [1.165, 1.54) is 5.56 Å². The highest BCUT2D eigenvalue weighted by Crippen LogP contribution is 2.27. The maximum atomic E-state index is 12.3. The first kappa shape index (κ1) is 21.1. The summed E-state index contributed by atoms with van der Waals surface area (Å²) in [6, 6.07) is 3.70. The Hall–Kier alpha value is -3.10. The van der Waals surface area contributed by atoms with Crippen molar-refractivity contribution in [3.05, 3.63) is 30.1 Å². The van der Waals surface area contributed by atoms with Crippen LogP contribution in [0.15, 0.2) is 24.5 Å². The van der Waals surface area contributed by atoms with Crippen LogP contribution in [-0.4, -0.2) is 57.8 Å². The molecule has 9 heteroatoms. The molecule has 4 heterocycles. The molecule has 0 saturated carbocycles. The Morgan fingerprint density at radius 3 is 2.65 bits per heavy atom. The average Bonchev–Trinajstić information content (AvgIpc) is 3.10. The largest absolute Gasteiger partial charge is 0.444 e. The minimum absolute atomic E-state index is 0.241. The van der Waals surface area contributed by atoms with Crippen molar-refractivity contribution in [1.29, 1.82) is 0 Å². The summed E-state index contributed by atoms with van der Waals surface area (Å²) in [5, 5.41) is 6.70. The zero-order chi connectivity index (χ0) is 22.2. The summed E-state index contributed by atoms with van der Waals surface area (Å²) in [5.74, 6) is 0.222. The number of hydrogen-bond acceptors (Lipinski definition) is 5. The quantitative estimate of drug-likeness (QED) is 0.812. The molecule has 0 aromatic carbocycles. The number of aromatic nitrogens is 2. The fourth-order valence-corrected chi connectivity index (χ4v) is 4.12. The van der Waals surface area contributed by atoms with E-state index in [4.69, 9.17) is 4.74 Å². The first-order valence-corrected chi connectivity index (χ1v) is 10.8. The van der Waals surface area contributed by atoms with Gasteiger partial charge in [0.15, 0.2) is 0 Å². The summed E-state index contributed by atoms with van der Waals surface area (Å²) in [7, 11) is 0. The van der Waals surface area contributed by atoms with Gasteiger partial charge in [-0.3, -0.25) is 15.0 Å². The molecule has 2 aromatic heterocycles. The van der Waals surface area contributed by atoms with E-state index in [1.807, 2.05) is 33.0 Å². The molecule has 0 spiro atoms. The molecule has 166 valence electrons. The predicted molar refractivity (Wildman–Crippen MR) is 115 cm³/mol. The number of imide groups is 1. The number of amides is 4. The van der Waals surface area contributed by atoms with Gasteiger partial charge in [-0.1, -0.05) is 0 Å². The van der Waals surface area contributed by atoms with Gasteiger partial charge in [0.1, 0.15) is 5.60 Å². The van der Waals surface area contributed by atoms with E-state index in [-0.39, 0.29) is 18.4 Å². The molecule has 2 saturated heterocycles. The van der Waals surface area contributed by atoms with Crippen LogP contribution in [-0.2, 0) is 16.0 Å². The van der Waals surface area contributed by atoms with E-state index >= 15 is 0 Å². The Labute approximate surface area is 181 Å². The number of urea groups is 1. The van der Waals surface area contributed by atoms with Gasteiger partial charge in [-0.2, -0.15) is 5.10 Å². The van der Waals surface area contributed by atoms with Gasteiger partial charge in [0.25, 0.3) is 0 Å². The van der Waals surface area contributed by atoms with Crippen LogP contribution in [0.25, 0.3) is 5.52 Å². The normalized spacial score (nSPS) is 18.4. The first-order valence-electron chi connectivity index (χ1n) is 10.8. The number of nitrogens with zero attached hydrogens (tertiary/aromatic N) is 4. The third kappa shape index (κ3) is 4.81. The van der Waals surface area contributed by atoms with Gasteiger partial charge >= 0.3 is 12.1 Å². The molecule has 0 aliphatic carbocycles. The maximum absolute atomic E-state index is 12.3. The molecular weight excluding hydrogens is 398 g/mol. The van der Waals surface area contributed by atoms with Crippen LogP contribution in [0, 0.1) is 5.92 Å². The Balaban J connectivity index is 1.41. The van der Waals surface area contributed by atoms with E-state index in [0.29, 0.717) is 31.2 Å². The van der Waals surface area contributed by atoms with Crippen LogP contribution in [0.4, 0.5) is 15.3 Å². The van der Waals surface area contributed by atoms with Gasteiger partial charge < -0.3 is 9.64 Å². The lowest BCUT2D eigenvalue weighted by molar-refractivity contribution is -0.120. The summed E-state index contributed by atoms with van der Waals surface area (Å²) in [4.78, 5) is 39.3. The highest BCUT2D eigenvalue weighted by molar-refractivity contribution is 6.07. The van der Waals surface area contributed by atoms with Crippen molar-refractivity contribution in [2.45, 2.75) is 52.1 Å². The molecule has 4 amide bonds. The van der Waals surface area contributed by atoms with Gasteiger partial charge in [0.2, 0.25) is 5.91 Å². The summed E-state index contributed by atoms with van der Waals surface area (Å²) in [6.07, 6.45) is 6.34. The molecule has 2 aromatic rings. The second-order valence-corrected chi connectivity index (χ2v) is 9.26. The van der Waals surface area contributed by atoms with Gasteiger partial charge in [0, 0.05) is 32.3 Å². The molecule has 2 aliphatic heterocycles. The standard InChI is InChI=1S/C22H29N5O4/c1-22(2,3)31-21(30)25-8-4-15(5-9-25)12-16-6-11-27-17(13-16)18(14-23-27)26-10-7-19(28)24-20(26)29/h6,11,13-15H,4-5,7-10,12H2,1-3H3,(H,24,28,29). The van der Waals surface area contributed by atoms with Crippen LogP contribution in [0.5, 0.6) is 0 Å². The summed E-state index contributed by atoms with van der Waals surface area (Å²) >= 11 is 0. The van der Waals surface area contributed by atoms with Gasteiger partial charge in [-0.15, -0.1) is 0 Å². The van der Waals surface area contributed by atoms with Crippen LogP contribution < -0.4 is 10.2 Å². The van der Waals surface area contributed by atoms with Gasteiger partial charge in [0.05, 0.1) is 17.4 Å². The van der Waals surface area contributed by atoms with Crippen molar-refractivity contribution in [2.24, 2.45) is 5.92 Å². The molecule has 0 atom stereocenters. The monoisotopic (exact) mass is 427 g/mol. The molecule has 9 nitrogen and oxygen atoms in total. The highest BCUT2D eigenvalue weighted by Gasteiger charge is 2.28. The lowest BCUT2D eigenvalue weighted by Crippen LogP contribution is -2.49. The Morgan fingerprint density at radius 2 is 1.97 bits per heavy atom. The molecule has 4 rings (SSSR count). The van der Waals surface area contributed by atoms with Crippen LogP contribution in [0.3, 0.4) is 0 Å². The minimum atomic E-state index is -0.481. The third-order valence-electron chi connectivity index (χ3n) is 5.70. The lowest BCUT2D eigenvalue weighted by atomic mass is 9.90. The topological polar surface area (TPSA) is 96.2 Å². The number of carbonyl (C=O) groups is 3. The number of rotatable bonds is 3. The van der Waals surface area contributed by atoms with Crippen LogP contribution in [0.1, 0.15) is 45.6 Å². The van der Waals surface area contributed by atoms with Crippen LogP contribution in [0.2, 0.25) is 0 Å². The second-order valence-electron chi connectivity index (χ2n) is 9.26. The Bertz CT molecular complexity index is 1000. The van der Waals surface area contributed by atoms with Crippen LogP contribution >= 0.6 is 0 Å². The van der Waals surface area contributed by atoms with E-state index in [0.717, 1.165) is 24.8 Å². The fourth-order valence-electron chi connectivity index (χ4n) is 4.12. The Morgan fingerprint density at radius 1 is 1.23 bits per heavy atom. The molecule has 2 aliphatic rings. The summed E-state index contributed by atoms with van der Waals surface area (Å²) in [5.41, 5.74) is 2.23. The number of anilines is 1. The molecule has 2 fully saturated rings. The molecule has 0 bridgehead atoms. The Kier molecular flexibility index (Phi) is 5.60. The molecular formula is C22H29N5O4. The second kappa shape index (κ2) is 8.20. The van der Waals surface area contributed by atoms with Crippen molar-refractivity contribution in [2.75, 3.05) is 24.5 Å². The van der Waals surface area contributed by atoms with Crippen molar-refractivity contribution in [3.63, 3.8) is 0 Å². The van der Waals surface area contributed by atoms with Crippen molar-refractivity contribution in [3.8, 4) is 0 Å². The molecule has 31 heavy (non-hydrogen) atoms. The molecule has 0 radical (unpaired) electrons. The number of pyridine rings is 1. The zero-order valence-corrected chi connectivity index (χ0v) is 18.3. The minimum Gasteiger partial charge on any atom is -0.444 e. The smallest absolute Gasteiger partial charge is 0.410 e. The van der Waals surface area contributed by atoms with Gasteiger partial charge in [-0.05, 0) is 63.6 Å². The van der Waals surface area contributed by atoms with E-state index < -0.39 is 11.6 Å². The average molecular weight is 428 g/mol. The SMILES string of the molecule is CC(C)(C)OC(=O)N1CCC(Cc2ccn3ncc(N4CCC(=O)NC4=O)c3c2)CC1. The predicted octanol–water partition coefficient (Wildman–Crippen LogP) is 2.97. The van der Waals surface area contributed by atoms with E-state index in [9.17, 15) is 14.4 Å².